The van der Waals surface area contributed by atoms with Gasteiger partial charge in [-0.3, -0.25) is 9.59 Å². The molecule has 0 saturated heterocycles. The van der Waals surface area contributed by atoms with Crippen molar-refractivity contribution in [3.8, 4) is 11.5 Å². The molecular weight excluding hydrogens is 570 g/mol. The predicted octanol–water partition coefficient (Wildman–Crippen LogP) is 7.10. The fourth-order valence-electron chi connectivity index (χ4n) is 6.47. The minimum absolute atomic E-state index is 0.128. The first-order valence-electron chi connectivity index (χ1n) is 14.3. The largest absolute Gasteiger partial charge is 0.490 e. The monoisotopic (exact) mass is 607 g/mol. The molecule has 0 bridgehead atoms. The lowest BCUT2D eigenvalue weighted by Gasteiger charge is -2.44. The summed E-state index contributed by atoms with van der Waals surface area (Å²) in [5.74, 6) is 1.07. The van der Waals surface area contributed by atoms with E-state index in [1.165, 1.54) is 11.1 Å². The van der Waals surface area contributed by atoms with Crippen LogP contribution in [-0.2, 0) is 20.9 Å². The molecule has 2 aromatic carbocycles. The lowest BCUT2D eigenvalue weighted by atomic mass is 9.71. The lowest BCUT2D eigenvalue weighted by molar-refractivity contribution is -0.117. The van der Waals surface area contributed by atoms with Gasteiger partial charge in [0, 0.05) is 55.0 Å². The van der Waals surface area contributed by atoms with Crippen molar-refractivity contribution >= 4 is 27.5 Å². The maximum Gasteiger partial charge on any atom is 0.175 e. The number of carbonyl (C=O) groups is 2. The summed E-state index contributed by atoms with van der Waals surface area (Å²) >= 11 is 3.76. The number of benzene rings is 2. The van der Waals surface area contributed by atoms with E-state index in [1.807, 2.05) is 19.1 Å². The van der Waals surface area contributed by atoms with Gasteiger partial charge in [-0.25, -0.2) is 0 Å². The standard InChI is InChI=1S/C33H38BrNO5/c1-5-39-29-18-23(17-24(34)33(29)40-19-22-15-20(2)14-21(3)16-22)30-31-25(8-6-10-27(31)36)35(12-13-38-4)26-9-7-11-28(37)32(26)30/h14-18,30H,5-13,19H2,1-4H3. The van der Waals surface area contributed by atoms with Gasteiger partial charge in [0.05, 0.1) is 17.7 Å². The number of nitrogens with zero attached hydrogens (tertiary/aromatic N) is 1. The number of ether oxygens (including phenoxy) is 3. The van der Waals surface area contributed by atoms with E-state index in [-0.39, 0.29) is 11.6 Å². The zero-order valence-electron chi connectivity index (χ0n) is 23.9. The zero-order valence-corrected chi connectivity index (χ0v) is 25.5. The molecule has 1 heterocycles. The second kappa shape index (κ2) is 12.3. The van der Waals surface area contributed by atoms with Crippen LogP contribution in [0.3, 0.4) is 0 Å². The van der Waals surface area contributed by atoms with Crippen molar-refractivity contribution in [1.82, 2.24) is 4.90 Å². The number of methoxy groups -OCH3 is 1. The van der Waals surface area contributed by atoms with Gasteiger partial charge in [-0.05, 0) is 85.6 Å². The highest BCUT2D eigenvalue weighted by Gasteiger charge is 2.43. The van der Waals surface area contributed by atoms with Crippen molar-refractivity contribution in [1.29, 1.82) is 0 Å². The molecule has 40 heavy (non-hydrogen) atoms. The average molecular weight is 609 g/mol. The Labute approximate surface area is 245 Å². The summed E-state index contributed by atoms with van der Waals surface area (Å²) < 4.78 is 18.6. The van der Waals surface area contributed by atoms with Crippen molar-refractivity contribution in [2.45, 2.75) is 71.8 Å². The molecule has 1 aliphatic heterocycles. The molecule has 0 spiro atoms. The highest BCUT2D eigenvalue weighted by Crippen LogP contribution is 2.51. The Hall–Kier alpha value is -2.90. The van der Waals surface area contributed by atoms with Gasteiger partial charge >= 0.3 is 0 Å². The third-order valence-corrected chi connectivity index (χ3v) is 8.52. The third-order valence-electron chi connectivity index (χ3n) is 7.94. The summed E-state index contributed by atoms with van der Waals surface area (Å²) in [4.78, 5) is 29.4. The number of Topliss-reactive ketones (excluding diaryl/α,β-unsaturated/α-hetero) is 2. The van der Waals surface area contributed by atoms with Crippen LogP contribution < -0.4 is 9.47 Å². The first-order valence-corrected chi connectivity index (χ1v) is 15.1. The molecule has 0 atom stereocenters. The molecule has 5 rings (SSSR count). The Kier molecular flexibility index (Phi) is 8.81. The molecule has 0 amide bonds. The summed E-state index contributed by atoms with van der Waals surface area (Å²) in [6.45, 7) is 8.15. The molecule has 0 aromatic heterocycles. The van der Waals surface area contributed by atoms with Crippen LogP contribution >= 0.6 is 15.9 Å². The number of halogens is 1. The molecule has 6 nitrogen and oxygen atoms in total. The number of ketones is 2. The molecule has 0 unspecified atom stereocenters. The number of hydrogen-bond acceptors (Lipinski definition) is 6. The highest BCUT2D eigenvalue weighted by molar-refractivity contribution is 9.10. The molecule has 0 radical (unpaired) electrons. The van der Waals surface area contributed by atoms with Crippen LogP contribution in [0.4, 0.5) is 0 Å². The van der Waals surface area contributed by atoms with Crippen molar-refractivity contribution in [3.63, 3.8) is 0 Å². The molecule has 2 aliphatic carbocycles. The van der Waals surface area contributed by atoms with Crippen LogP contribution in [0.2, 0.25) is 0 Å². The molecule has 0 saturated carbocycles. The number of rotatable bonds is 9. The van der Waals surface area contributed by atoms with E-state index in [0.717, 1.165) is 63.8 Å². The summed E-state index contributed by atoms with van der Waals surface area (Å²) in [6.07, 6.45) is 4.29. The quantitative estimate of drug-likeness (QED) is 0.303. The fourth-order valence-corrected chi connectivity index (χ4v) is 7.04. The van der Waals surface area contributed by atoms with E-state index >= 15 is 0 Å². The first kappa shape index (κ1) is 28.6. The first-order chi connectivity index (χ1) is 19.3. The van der Waals surface area contributed by atoms with Crippen LogP contribution in [0.15, 0.2) is 57.3 Å². The topological polar surface area (TPSA) is 65.1 Å². The SMILES string of the molecule is CCOc1cc(C2C3=C(CCCC3=O)N(CCOC)C3=C2C(=O)CCC3)cc(Br)c1OCc1cc(C)cc(C)c1. The molecule has 3 aliphatic rings. The van der Waals surface area contributed by atoms with E-state index in [0.29, 0.717) is 50.7 Å². The second-order valence-corrected chi connectivity index (χ2v) is 11.8. The van der Waals surface area contributed by atoms with Gasteiger partial charge in [-0.15, -0.1) is 0 Å². The Balaban J connectivity index is 1.60. The normalized spacial score (nSPS) is 17.8. The van der Waals surface area contributed by atoms with E-state index in [1.54, 1.807) is 7.11 Å². The average Bonchev–Trinajstić information content (AvgIpc) is 2.91. The zero-order chi connectivity index (χ0) is 28.4. The van der Waals surface area contributed by atoms with Crippen molar-refractivity contribution in [2.75, 3.05) is 26.9 Å². The van der Waals surface area contributed by atoms with Crippen LogP contribution in [0.5, 0.6) is 11.5 Å². The van der Waals surface area contributed by atoms with Crippen LogP contribution in [-0.4, -0.2) is 43.3 Å². The number of aryl methyl sites for hydroxylation is 2. The molecule has 0 N–H and O–H groups in total. The minimum Gasteiger partial charge on any atom is -0.490 e. The summed E-state index contributed by atoms with van der Waals surface area (Å²) in [7, 11) is 1.69. The summed E-state index contributed by atoms with van der Waals surface area (Å²) in [5, 5.41) is 0. The second-order valence-electron chi connectivity index (χ2n) is 10.9. The fraction of sp³-hybridized carbons (Fsp3) is 0.455. The summed E-state index contributed by atoms with van der Waals surface area (Å²) in [5.41, 5.74) is 7.97. The Morgan fingerprint density at radius 1 is 0.875 bits per heavy atom. The molecule has 212 valence electrons. The van der Waals surface area contributed by atoms with Crippen LogP contribution in [0.1, 0.15) is 73.6 Å². The number of hydrogen-bond donors (Lipinski definition) is 0. The molecule has 0 fully saturated rings. The predicted molar refractivity (Wildman–Crippen MR) is 159 cm³/mol. The van der Waals surface area contributed by atoms with E-state index in [9.17, 15) is 9.59 Å². The van der Waals surface area contributed by atoms with E-state index < -0.39 is 5.92 Å². The number of carbonyl (C=O) groups excluding carboxylic acids is 2. The highest BCUT2D eigenvalue weighted by atomic mass is 79.9. The van der Waals surface area contributed by atoms with Crippen LogP contribution in [0, 0.1) is 13.8 Å². The van der Waals surface area contributed by atoms with Crippen LogP contribution in [0.25, 0.3) is 0 Å². The third kappa shape index (κ3) is 5.64. The Morgan fingerprint density at radius 3 is 2.08 bits per heavy atom. The Bertz CT molecular complexity index is 1330. The summed E-state index contributed by atoms with van der Waals surface area (Å²) in [6, 6.07) is 10.4. The maximum atomic E-state index is 13.6. The van der Waals surface area contributed by atoms with Gasteiger partial charge in [0.15, 0.2) is 23.1 Å². The van der Waals surface area contributed by atoms with Gasteiger partial charge < -0.3 is 19.1 Å². The van der Waals surface area contributed by atoms with Gasteiger partial charge in [0.2, 0.25) is 0 Å². The Morgan fingerprint density at radius 2 is 1.50 bits per heavy atom. The van der Waals surface area contributed by atoms with E-state index in [2.05, 4.69) is 52.9 Å². The molecule has 2 aromatic rings. The van der Waals surface area contributed by atoms with Gasteiger partial charge in [-0.1, -0.05) is 29.3 Å². The van der Waals surface area contributed by atoms with Crippen molar-refractivity contribution < 1.29 is 23.8 Å². The molecular formula is C33H38BrNO5. The van der Waals surface area contributed by atoms with E-state index in [4.69, 9.17) is 14.2 Å². The van der Waals surface area contributed by atoms with Gasteiger partial charge in [-0.2, -0.15) is 0 Å². The minimum atomic E-state index is -0.409. The van der Waals surface area contributed by atoms with Gasteiger partial charge in [0.1, 0.15) is 6.61 Å². The number of allylic oxidation sites excluding steroid dienone is 4. The van der Waals surface area contributed by atoms with Crippen molar-refractivity contribution in [3.05, 3.63) is 79.6 Å². The van der Waals surface area contributed by atoms with Gasteiger partial charge in [0.25, 0.3) is 0 Å². The molecule has 7 heteroatoms. The maximum absolute atomic E-state index is 13.6. The lowest BCUT2D eigenvalue weighted by Crippen LogP contribution is -2.40. The van der Waals surface area contributed by atoms with Crippen molar-refractivity contribution in [2.24, 2.45) is 0 Å². The smallest absolute Gasteiger partial charge is 0.175 e.